The fraction of sp³-hybridized carbons (Fsp3) is 0.577. The quantitative estimate of drug-likeness (QED) is 0.582. The van der Waals surface area contributed by atoms with Gasteiger partial charge in [-0.05, 0) is 36.5 Å². The summed E-state index contributed by atoms with van der Waals surface area (Å²) < 4.78 is 13.5. The van der Waals surface area contributed by atoms with Crippen molar-refractivity contribution in [2.75, 3.05) is 53.1 Å². The SMILES string of the molecule is COc1ccc2c3c(n(C)c2c1)[C@H](CO)N(CC1CCOCC1)CC31CN(Cc2nccs2)C1. The third kappa shape index (κ3) is 3.67. The molecule has 5 heterocycles. The second-order valence-electron chi connectivity index (χ2n) is 10.2. The normalized spacial score (nSPS) is 23.3. The zero-order valence-electron chi connectivity index (χ0n) is 20.1. The average molecular weight is 483 g/mol. The summed E-state index contributed by atoms with van der Waals surface area (Å²) in [5.74, 6) is 1.50. The van der Waals surface area contributed by atoms with Crippen molar-refractivity contribution >= 4 is 22.2 Å². The first-order chi connectivity index (χ1) is 16.6. The van der Waals surface area contributed by atoms with Crippen LogP contribution in [-0.4, -0.2) is 77.6 Å². The van der Waals surface area contributed by atoms with Crippen molar-refractivity contribution in [1.29, 1.82) is 0 Å². The van der Waals surface area contributed by atoms with Crippen LogP contribution in [-0.2, 0) is 23.7 Å². The first kappa shape index (κ1) is 22.5. The lowest BCUT2D eigenvalue weighted by molar-refractivity contribution is -0.0248. The van der Waals surface area contributed by atoms with Crippen molar-refractivity contribution in [3.8, 4) is 5.75 Å². The summed E-state index contributed by atoms with van der Waals surface area (Å²) in [6.07, 6.45) is 4.11. The number of hydrogen-bond donors (Lipinski definition) is 1. The number of fused-ring (bicyclic) bond motifs is 4. The first-order valence-electron chi connectivity index (χ1n) is 12.3. The van der Waals surface area contributed by atoms with Crippen molar-refractivity contribution in [2.45, 2.75) is 30.8 Å². The summed E-state index contributed by atoms with van der Waals surface area (Å²) >= 11 is 1.73. The predicted octanol–water partition coefficient (Wildman–Crippen LogP) is 3.17. The van der Waals surface area contributed by atoms with Gasteiger partial charge in [0.1, 0.15) is 10.8 Å². The molecule has 1 N–H and O–H groups in total. The lowest BCUT2D eigenvalue weighted by atomic mass is 9.68. The van der Waals surface area contributed by atoms with Crippen LogP contribution in [0, 0.1) is 5.92 Å². The van der Waals surface area contributed by atoms with Crippen LogP contribution in [0.2, 0.25) is 0 Å². The van der Waals surface area contributed by atoms with E-state index in [0.29, 0.717) is 5.92 Å². The van der Waals surface area contributed by atoms with Crippen LogP contribution in [0.25, 0.3) is 10.9 Å². The molecule has 1 spiro atoms. The molecule has 1 aromatic carbocycles. The maximum atomic E-state index is 10.7. The van der Waals surface area contributed by atoms with E-state index in [9.17, 15) is 5.11 Å². The number of hydrogen-bond acceptors (Lipinski definition) is 7. The molecule has 6 rings (SSSR count). The number of rotatable bonds is 6. The van der Waals surface area contributed by atoms with Crippen molar-refractivity contribution in [3.63, 3.8) is 0 Å². The topological polar surface area (TPSA) is 63.0 Å². The highest BCUT2D eigenvalue weighted by molar-refractivity contribution is 7.09. The fourth-order valence-electron chi connectivity index (χ4n) is 6.62. The molecule has 182 valence electrons. The molecule has 2 saturated heterocycles. The minimum absolute atomic E-state index is 0.0138. The van der Waals surface area contributed by atoms with E-state index in [1.54, 1.807) is 18.4 Å². The number of methoxy groups -OCH3 is 1. The molecule has 8 heteroatoms. The molecule has 0 amide bonds. The lowest BCUT2D eigenvalue weighted by Crippen LogP contribution is -2.66. The number of nitrogens with zero attached hydrogens (tertiary/aromatic N) is 4. The second-order valence-corrected chi connectivity index (χ2v) is 11.2. The highest BCUT2D eigenvalue weighted by atomic mass is 32.1. The molecule has 2 fully saturated rings. The Morgan fingerprint density at radius 1 is 1.24 bits per heavy atom. The van der Waals surface area contributed by atoms with Crippen LogP contribution in [0.15, 0.2) is 29.8 Å². The number of likely N-dealkylation sites (tertiary alicyclic amines) is 1. The van der Waals surface area contributed by atoms with Crippen LogP contribution in [0.1, 0.15) is 35.1 Å². The zero-order chi connectivity index (χ0) is 23.3. The van der Waals surface area contributed by atoms with Gasteiger partial charge in [0.2, 0.25) is 0 Å². The van der Waals surface area contributed by atoms with Gasteiger partial charge in [0.15, 0.2) is 0 Å². The lowest BCUT2D eigenvalue weighted by Gasteiger charge is -2.57. The number of aliphatic hydroxyl groups is 1. The van der Waals surface area contributed by atoms with Gasteiger partial charge < -0.3 is 19.1 Å². The van der Waals surface area contributed by atoms with Gasteiger partial charge in [0.05, 0.1) is 31.8 Å². The Kier molecular flexibility index (Phi) is 5.90. The summed E-state index contributed by atoms with van der Waals surface area (Å²) in [5, 5.41) is 15.2. The molecule has 7 nitrogen and oxygen atoms in total. The van der Waals surface area contributed by atoms with E-state index in [4.69, 9.17) is 9.47 Å². The average Bonchev–Trinajstić information content (AvgIpc) is 3.45. The zero-order valence-corrected chi connectivity index (χ0v) is 20.9. The molecular weight excluding hydrogens is 448 g/mol. The van der Waals surface area contributed by atoms with Gasteiger partial charge in [0.25, 0.3) is 0 Å². The van der Waals surface area contributed by atoms with Gasteiger partial charge in [-0.1, -0.05) is 0 Å². The molecule has 1 atom stereocenters. The van der Waals surface area contributed by atoms with Gasteiger partial charge >= 0.3 is 0 Å². The largest absolute Gasteiger partial charge is 0.497 e. The monoisotopic (exact) mass is 482 g/mol. The highest BCUT2D eigenvalue weighted by Crippen LogP contribution is 2.50. The van der Waals surface area contributed by atoms with Crippen LogP contribution < -0.4 is 4.74 Å². The molecule has 0 aliphatic carbocycles. The van der Waals surface area contributed by atoms with Crippen molar-refractivity contribution in [3.05, 3.63) is 46.0 Å². The summed E-state index contributed by atoms with van der Waals surface area (Å²) in [7, 11) is 3.88. The van der Waals surface area contributed by atoms with E-state index in [0.717, 1.165) is 64.5 Å². The summed E-state index contributed by atoms with van der Waals surface area (Å²) in [6.45, 7) is 6.81. The Bertz CT molecular complexity index is 1150. The second kappa shape index (κ2) is 8.91. The molecule has 34 heavy (non-hydrogen) atoms. The number of aromatic nitrogens is 2. The molecular formula is C26H34N4O3S. The van der Waals surface area contributed by atoms with E-state index in [2.05, 4.69) is 50.0 Å². The van der Waals surface area contributed by atoms with Crippen molar-refractivity contribution in [2.24, 2.45) is 13.0 Å². The smallest absolute Gasteiger partial charge is 0.120 e. The van der Waals surface area contributed by atoms with E-state index in [1.165, 1.54) is 27.2 Å². The minimum Gasteiger partial charge on any atom is -0.497 e. The van der Waals surface area contributed by atoms with Gasteiger partial charge in [-0.2, -0.15) is 0 Å². The molecule has 0 unspecified atom stereocenters. The van der Waals surface area contributed by atoms with Crippen LogP contribution in [0.3, 0.4) is 0 Å². The summed E-state index contributed by atoms with van der Waals surface area (Å²) in [4.78, 5) is 9.61. The van der Waals surface area contributed by atoms with Gasteiger partial charge in [-0.25, -0.2) is 4.98 Å². The Hall–Kier alpha value is -1.97. The molecule has 3 aliphatic heterocycles. The third-order valence-electron chi connectivity index (χ3n) is 8.15. The number of ether oxygens (including phenoxy) is 2. The Morgan fingerprint density at radius 3 is 2.76 bits per heavy atom. The number of benzene rings is 1. The standard InChI is InChI=1S/C26H34N4O3S/c1-28-21-11-19(32-2)3-4-20(21)24-25(28)22(14-31)30(12-18-5-8-33-9-6-18)17-26(24)15-29(16-26)13-23-27-7-10-34-23/h3-4,7,10-11,18,22,31H,5-6,8-9,12-17H2,1-2H3/t22-/m0/s1. The van der Waals surface area contributed by atoms with Crippen LogP contribution >= 0.6 is 11.3 Å². The predicted molar refractivity (Wildman–Crippen MR) is 133 cm³/mol. The number of aryl methyl sites for hydroxylation is 1. The molecule has 3 aromatic rings. The van der Waals surface area contributed by atoms with E-state index >= 15 is 0 Å². The van der Waals surface area contributed by atoms with E-state index in [-0.39, 0.29) is 18.1 Å². The Balaban J connectivity index is 1.40. The minimum atomic E-state index is 0.0138. The molecule has 3 aliphatic rings. The van der Waals surface area contributed by atoms with Gasteiger partial charge in [-0.3, -0.25) is 9.80 Å². The molecule has 0 saturated carbocycles. The Morgan fingerprint density at radius 2 is 2.06 bits per heavy atom. The van der Waals surface area contributed by atoms with E-state index < -0.39 is 0 Å². The third-order valence-corrected chi connectivity index (χ3v) is 8.91. The van der Waals surface area contributed by atoms with Gasteiger partial charge in [-0.15, -0.1) is 11.3 Å². The maximum absolute atomic E-state index is 10.7. The fourth-order valence-corrected chi connectivity index (χ4v) is 7.28. The Labute approximate surface area is 204 Å². The first-order valence-corrected chi connectivity index (χ1v) is 13.2. The molecule has 0 bridgehead atoms. The van der Waals surface area contributed by atoms with Crippen LogP contribution in [0.4, 0.5) is 0 Å². The maximum Gasteiger partial charge on any atom is 0.120 e. The highest BCUT2D eigenvalue weighted by Gasteiger charge is 2.53. The number of thiazole rings is 1. The summed E-state index contributed by atoms with van der Waals surface area (Å²) in [5.41, 5.74) is 3.97. The van der Waals surface area contributed by atoms with E-state index in [1.807, 2.05) is 6.20 Å². The molecule has 2 aromatic heterocycles. The van der Waals surface area contributed by atoms with Crippen molar-refractivity contribution < 1.29 is 14.6 Å². The molecule has 0 radical (unpaired) electrons. The van der Waals surface area contributed by atoms with Gasteiger partial charge in [0, 0.05) is 80.6 Å². The number of aliphatic hydroxyl groups excluding tert-OH is 1. The summed E-state index contributed by atoms with van der Waals surface area (Å²) in [6, 6.07) is 6.45. The van der Waals surface area contributed by atoms with Crippen molar-refractivity contribution in [1.82, 2.24) is 19.4 Å². The van der Waals surface area contributed by atoms with Crippen LogP contribution in [0.5, 0.6) is 5.75 Å².